The predicted octanol–water partition coefficient (Wildman–Crippen LogP) is 3.58. The smallest absolute Gasteiger partial charge is 0.269 e. The lowest BCUT2D eigenvalue weighted by atomic mass is 9.87. The Morgan fingerprint density at radius 2 is 2.17 bits per heavy atom. The molecule has 1 amide bonds. The first-order chi connectivity index (χ1) is 13.9. The number of thiophene rings is 1. The van der Waals surface area contributed by atoms with E-state index in [-0.39, 0.29) is 6.42 Å². The van der Waals surface area contributed by atoms with Gasteiger partial charge in [0, 0.05) is 29.1 Å². The van der Waals surface area contributed by atoms with Crippen molar-refractivity contribution in [1.29, 1.82) is 0 Å². The van der Waals surface area contributed by atoms with Gasteiger partial charge in [0.15, 0.2) is 5.65 Å². The molecule has 152 valence electrons. The number of hydrogen-bond acceptors (Lipinski definition) is 5. The third-order valence-electron chi connectivity index (χ3n) is 5.70. The van der Waals surface area contributed by atoms with E-state index in [2.05, 4.69) is 15.4 Å². The maximum absolute atomic E-state index is 14.3. The summed E-state index contributed by atoms with van der Waals surface area (Å²) in [5.41, 5.74) is 8.32. The molecule has 29 heavy (non-hydrogen) atoms. The van der Waals surface area contributed by atoms with Gasteiger partial charge in [-0.25, -0.2) is 18.3 Å². The van der Waals surface area contributed by atoms with Gasteiger partial charge in [0.2, 0.25) is 0 Å². The van der Waals surface area contributed by atoms with E-state index in [0.29, 0.717) is 29.3 Å². The van der Waals surface area contributed by atoms with Crippen LogP contribution in [-0.2, 0) is 0 Å². The molecule has 2 unspecified atom stereocenters. The van der Waals surface area contributed by atoms with Crippen molar-refractivity contribution in [3.63, 3.8) is 0 Å². The second kappa shape index (κ2) is 6.84. The summed E-state index contributed by atoms with van der Waals surface area (Å²) in [6.07, 6.45) is 6.15. The van der Waals surface area contributed by atoms with Gasteiger partial charge in [-0.05, 0) is 49.8 Å². The number of aromatic nitrogens is 3. The third-order valence-corrected chi connectivity index (χ3v) is 7.00. The molecule has 0 aliphatic heterocycles. The molecule has 2 aliphatic carbocycles. The Morgan fingerprint density at radius 3 is 2.93 bits per heavy atom. The number of nitrogens with two attached hydrogens (primary N) is 1. The van der Waals surface area contributed by atoms with Gasteiger partial charge in [0.25, 0.3) is 11.8 Å². The van der Waals surface area contributed by atoms with E-state index in [1.165, 1.54) is 11.3 Å². The zero-order valence-electron chi connectivity index (χ0n) is 15.6. The van der Waals surface area contributed by atoms with E-state index < -0.39 is 23.9 Å². The highest BCUT2D eigenvalue weighted by Gasteiger charge is 2.46. The molecule has 0 aromatic carbocycles. The van der Waals surface area contributed by atoms with Gasteiger partial charge in [0.05, 0.1) is 16.8 Å². The lowest BCUT2D eigenvalue weighted by Crippen LogP contribution is -2.59. The van der Waals surface area contributed by atoms with Gasteiger partial charge < -0.3 is 11.1 Å². The maximum Gasteiger partial charge on any atom is 0.269 e. The molecule has 2 saturated carbocycles. The van der Waals surface area contributed by atoms with Crippen molar-refractivity contribution < 1.29 is 13.6 Å². The fourth-order valence-corrected chi connectivity index (χ4v) is 5.25. The van der Waals surface area contributed by atoms with E-state index in [1.807, 2.05) is 12.1 Å². The van der Waals surface area contributed by atoms with Crippen molar-refractivity contribution in [2.45, 2.75) is 56.0 Å². The molecule has 3 N–H and O–H groups in total. The van der Waals surface area contributed by atoms with Crippen LogP contribution in [0.15, 0.2) is 30.6 Å². The summed E-state index contributed by atoms with van der Waals surface area (Å²) in [6.45, 7) is 0. The quantitative estimate of drug-likeness (QED) is 0.680. The summed E-state index contributed by atoms with van der Waals surface area (Å²) in [5, 5.41) is 6.87. The number of alkyl halides is 2. The lowest BCUT2D eigenvalue weighted by molar-refractivity contribution is -0.0674. The topological polar surface area (TPSA) is 85.3 Å². The Hall–Kier alpha value is -2.39. The minimum atomic E-state index is -2.99. The van der Waals surface area contributed by atoms with Crippen LogP contribution in [0, 0.1) is 0 Å². The molecule has 5 rings (SSSR count). The maximum atomic E-state index is 14.3. The van der Waals surface area contributed by atoms with Crippen molar-refractivity contribution in [1.82, 2.24) is 19.9 Å². The second-order valence-corrected chi connectivity index (χ2v) is 8.95. The molecule has 3 heterocycles. The molecule has 2 atom stereocenters. The average Bonchev–Trinajstić information content (AvgIpc) is 3.29. The minimum Gasteiger partial charge on any atom is -0.341 e. The molecule has 6 nitrogen and oxygen atoms in total. The monoisotopic (exact) mass is 417 g/mol. The summed E-state index contributed by atoms with van der Waals surface area (Å²) in [6, 6.07) is 3.37. The van der Waals surface area contributed by atoms with Crippen LogP contribution in [0.2, 0.25) is 0 Å². The van der Waals surface area contributed by atoms with E-state index in [4.69, 9.17) is 5.73 Å². The Kier molecular flexibility index (Phi) is 4.40. The van der Waals surface area contributed by atoms with Crippen LogP contribution in [-0.4, -0.2) is 38.5 Å². The summed E-state index contributed by atoms with van der Waals surface area (Å²) < 4.78 is 30.3. The molecular formula is C20H21F2N5OS. The number of carbonyl (C=O) groups excluding carboxylic acids is 1. The number of imidazole rings is 1. The summed E-state index contributed by atoms with van der Waals surface area (Å²) in [5.74, 6) is -3.09. The van der Waals surface area contributed by atoms with Gasteiger partial charge in [-0.2, -0.15) is 5.10 Å². The molecule has 3 aromatic heterocycles. The van der Waals surface area contributed by atoms with E-state index in [0.717, 1.165) is 29.0 Å². The normalized spacial score (nSPS) is 24.0. The van der Waals surface area contributed by atoms with Crippen molar-refractivity contribution in [2.75, 3.05) is 0 Å². The zero-order valence-corrected chi connectivity index (χ0v) is 16.5. The van der Waals surface area contributed by atoms with Crippen LogP contribution in [0.5, 0.6) is 0 Å². The summed E-state index contributed by atoms with van der Waals surface area (Å²) >= 11 is 1.37. The number of halogens is 2. The first-order valence-corrected chi connectivity index (χ1v) is 10.6. The van der Waals surface area contributed by atoms with Gasteiger partial charge in [0.1, 0.15) is 6.04 Å². The number of nitrogens with one attached hydrogen (secondary N) is 1. The lowest BCUT2D eigenvalue weighted by Gasteiger charge is -2.36. The molecule has 0 saturated heterocycles. The molecule has 9 heteroatoms. The number of hydrogen-bond donors (Lipinski definition) is 2. The number of amides is 1. The van der Waals surface area contributed by atoms with Gasteiger partial charge in [-0.1, -0.05) is 0 Å². The largest absolute Gasteiger partial charge is 0.341 e. The first kappa shape index (κ1) is 18.6. The first-order valence-electron chi connectivity index (χ1n) is 9.81. The highest BCUT2D eigenvalue weighted by Crippen LogP contribution is 2.48. The molecule has 0 radical (unpaired) electrons. The van der Waals surface area contributed by atoms with Crippen LogP contribution < -0.4 is 11.1 Å². The Balaban J connectivity index is 1.49. The Bertz CT molecular complexity index is 1070. The molecule has 0 spiro atoms. The molecule has 2 aliphatic rings. The molecule has 3 aromatic rings. The van der Waals surface area contributed by atoms with Crippen LogP contribution in [0.1, 0.15) is 52.6 Å². The highest BCUT2D eigenvalue weighted by atomic mass is 32.1. The van der Waals surface area contributed by atoms with Crippen LogP contribution >= 0.6 is 11.3 Å². The number of rotatable bonds is 4. The van der Waals surface area contributed by atoms with Gasteiger partial charge in [-0.3, -0.25) is 4.79 Å². The van der Waals surface area contributed by atoms with E-state index >= 15 is 0 Å². The fourth-order valence-electron chi connectivity index (χ4n) is 4.01. The van der Waals surface area contributed by atoms with Crippen molar-refractivity contribution >= 4 is 22.9 Å². The van der Waals surface area contributed by atoms with Crippen LogP contribution in [0.4, 0.5) is 8.78 Å². The van der Waals surface area contributed by atoms with Gasteiger partial charge in [-0.15, -0.1) is 11.3 Å². The number of carbonyl (C=O) groups is 1. The Labute approximate surface area is 170 Å². The third kappa shape index (κ3) is 3.32. The fraction of sp³-hybridized carbons (Fsp3) is 0.450. The zero-order chi connectivity index (χ0) is 20.2. The summed E-state index contributed by atoms with van der Waals surface area (Å²) in [7, 11) is 0. The van der Waals surface area contributed by atoms with Crippen molar-refractivity contribution in [3.8, 4) is 11.3 Å². The van der Waals surface area contributed by atoms with Crippen LogP contribution in [0.3, 0.4) is 0 Å². The van der Waals surface area contributed by atoms with Crippen LogP contribution in [0.25, 0.3) is 16.9 Å². The SMILES string of the molecule is NC1CCCC(F)(F)C1NC(=O)c1cc(-c2cnc3cccnn23)c(C2CC2)s1. The summed E-state index contributed by atoms with van der Waals surface area (Å²) in [4.78, 5) is 18.7. The van der Waals surface area contributed by atoms with Crippen molar-refractivity contribution in [3.05, 3.63) is 40.3 Å². The number of fused-ring (bicyclic) bond motifs is 1. The average molecular weight is 417 g/mol. The van der Waals surface area contributed by atoms with E-state index in [1.54, 1.807) is 23.0 Å². The molecular weight excluding hydrogens is 396 g/mol. The minimum absolute atomic E-state index is 0.248. The molecule has 0 bridgehead atoms. The number of nitrogens with zero attached hydrogens (tertiary/aromatic N) is 3. The Morgan fingerprint density at radius 1 is 1.34 bits per heavy atom. The highest BCUT2D eigenvalue weighted by molar-refractivity contribution is 7.14. The predicted molar refractivity (Wildman–Crippen MR) is 106 cm³/mol. The molecule has 2 fully saturated rings. The van der Waals surface area contributed by atoms with E-state index in [9.17, 15) is 13.6 Å². The van der Waals surface area contributed by atoms with Crippen molar-refractivity contribution in [2.24, 2.45) is 5.73 Å². The van der Waals surface area contributed by atoms with Gasteiger partial charge >= 0.3 is 0 Å². The second-order valence-electron chi connectivity index (χ2n) is 7.87. The standard InChI is InChI=1S/C20H21F2N5OS/c21-20(22)7-1-3-13(23)18(20)26-19(28)15-9-12(17(29-15)11-5-6-11)14-10-24-16-4-2-8-25-27(14)16/h2,4,8-11,13,18H,1,3,5-7,23H2,(H,26,28).